The Balaban J connectivity index is 2.10. The van der Waals surface area contributed by atoms with Gasteiger partial charge in [-0.2, -0.15) is 0 Å². The van der Waals surface area contributed by atoms with E-state index in [0.29, 0.717) is 29.0 Å². The molecule has 22 heavy (non-hydrogen) atoms. The molecule has 1 saturated heterocycles. The third kappa shape index (κ3) is 3.72. The van der Waals surface area contributed by atoms with E-state index < -0.39 is 0 Å². The topological polar surface area (TPSA) is 64.8 Å². The largest absolute Gasteiger partial charge is 0.493 e. The molecule has 5 nitrogen and oxygen atoms in total. The fourth-order valence-electron chi connectivity index (χ4n) is 2.53. The minimum absolute atomic E-state index is 0.0122. The van der Waals surface area contributed by atoms with Crippen molar-refractivity contribution < 1.29 is 14.3 Å². The summed E-state index contributed by atoms with van der Waals surface area (Å²) in [6, 6.07) is 3.51. The fourth-order valence-corrected chi connectivity index (χ4v) is 2.83. The van der Waals surface area contributed by atoms with E-state index in [4.69, 9.17) is 26.8 Å². The molecule has 2 N–H and O–H groups in total. The minimum atomic E-state index is -0.0122. The number of likely N-dealkylation sites (tertiary alicyclic amines) is 1. The van der Waals surface area contributed by atoms with E-state index >= 15 is 0 Å². The number of ether oxygens (including phenoxy) is 2. The maximum Gasteiger partial charge on any atom is 0.246 e. The van der Waals surface area contributed by atoms with Crippen LogP contribution in [0.25, 0.3) is 6.08 Å². The number of hydrogen-bond donors (Lipinski definition) is 1. The van der Waals surface area contributed by atoms with E-state index in [1.54, 1.807) is 31.4 Å². The molecule has 1 aromatic carbocycles. The van der Waals surface area contributed by atoms with Gasteiger partial charge in [0.15, 0.2) is 11.5 Å². The summed E-state index contributed by atoms with van der Waals surface area (Å²) in [5.41, 5.74) is 6.42. The highest BCUT2D eigenvalue weighted by atomic mass is 35.5. The summed E-state index contributed by atoms with van der Waals surface area (Å²) in [7, 11) is 3.08. The molecule has 1 aliphatic rings. The number of benzene rings is 1. The summed E-state index contributed by atoms with van der Waals surface area (Å²) in [5, 5.41) is 0.443. The van der Waals surface area contributed by atoms with Gasteiger partial charge in [-0.25, -0.2) is 0 Å². The van der Waals surface area contributed by atoms with Gasteiger partial charge in [0, 0.05) is 19.2 Å². The quantitative estimate of drug-likeness (QED) is 0.843. The first-order valence-electron chi connectivity index (χ1n) is 7.17. The number of carbonyl (C=O) groups is 1. The number of carbonyl (C=O) groups excluding carboxylic acids is 1. The van der Waals surface area contributed by atoms with Crippen LogP contribution in [0, 0.1) is 5.92 Å². The summed E-state index contributed by atoms with van der Waals surface area (Å²) >= 11 is 6.15. The van der Waals surface area contributed by atoms with Crippen molar-refractivity contribution in [1.29, 1.82) is 0 Å². The van der Waals surface area contributed by atoms with E-state index in [-0.39, 0.29) is 5.91 Å². The van der Waals surface area contributed by atoms with Gasteiger partial charge in [-0.1, -0.05) is 11.6 Å². The molecular weight excluding hydrogens is 304 g/mol. The number of nitrogens with zero attached hydrogens (tertiary/aromatic N) is 1. The SMILES string of the molecule is COc1cc(/C=C/C(=O)N2CCC(CN)C2)cc(Cl)c1OC. The second-order valence-electron chi connectivity index (χ2n) is 5.25. The van der Waals surface area contributed by atoms with Gasteiger partial charge >= 0.3 is 0 Å². The van der Waals surface area contributed by atoms with Crippen LogP contribution in [0.2, 0.25) is 5.02 Å². The third-order valence-electron chi connectivity index (χ3n) is 3.81. The van der Waals surface area contributed by atoms with E-state index in [1.165, 1.54) is 7.11 Å². The standard InChI is InChI=1S/C16H21ClN2O3/c1-21-14-8-11(7-13(17)16(14)22-2)3-4-15(20)19-6-5-12(9-18)10-19/h3-4,7-8,12H,5-6,9-10,18H2,1-2H3/b4-3+. The van der Waals surface area contributed by atoms with Crippen LogP contribution >= 0.6 is 11.6 Å². The molecule has 1 aliphatic heterocycles. The summed E-state index contributed by atoms with van der Waals surface area (Å²) < 4.78 is 10.4. The average Bonchev–Trinajstić information content (AvgIpc) is 3.01. The number of hydrogen-bond acceptors (Lipinski definition) is 4. The summed E-state index contributed by atoms with van der Waals surface area (Å²) in [5.74, 6) is 1.42. The molecule has 1 heterocycles. The van der Waals surface area contributed by atoms with Crippen molar-refractivity contribution in [2.75, 3.05) is 33.9 Å². The maximum atomic E-state index is 12.2. The van der Waals surface area contributed by atoms with Gasteiger partial charge in [0.2, 0.25) is 5.91 Å². The number of halogens is 1. The molecule has 0 radical (unpaired) electrons. The van der Waals surface area contributed by atoms with Crippen LogP contribution in [-0.4, -0.2) is 44.7 Å². The van der Waals surface area contributed by atoms with Crippen molar-refractivity contribution in [2.45, 2.75) is 6.42 Å². The highest BCUT2D eigenvalue weighted by Gasteiger charge is 2.23. The molecule has 2 rings (SSSR count). The van der Waals surface area contributed by atoms with E-state index in [0.717, 1.165) is 25.1 Å². The predicted octanol–water partition coefficient (Wildman–Crippen LogP) is 2.18. The van der Waals surface area contributed by atoms with Gasteiger partial charge in [0.05, 0.1) is 19.2 Å². The van der Waals surface area contributed by atoms with Crippen LogP contribution in [0.15, 0.2) is 18.2 Å². The van der Waals surface area contributed by atoms with Crippen LogP contribution in [0.5, 0.6) is 11.5 Å². The summed E-state index contributed by atoms with van der Waals surface area (Å²) in [6.45, 7) is 2.11. The number of rotatable bonds is 5. The Hall–Kier alpha value is -1.72. The number of amides is 1. The molecular formula is C16H21ClN2O3. The van der Waals surface area contributed by atoms with Crippen molar-refractivity contribution >= 4 is 23.6 Å². The smallest absolute Gasteiger partial charge is 0.246 e. The lowest BCUT2D eigenvalue weighted by Gasteiger charge is -2.13. The summed E-state index contributed by atoms with van der Waals surface area (Å²) in [4.78, 5) is 14.0. The predicted molar refractivity (Wildman–Crippen MR) is 87.3 cm³/mol. The van der Waals surface area contributed by atoms with Crippen LogP contribution in [0.4, 0.5) is 0 Å². The Morgan fingerprint density at radius 3 is 2.82 bits per heavy atom. The molecule has 1 atom stereocenters. The maximum absolute atomic E-state index is 12.2. The Morgan fingerprint density at radius 2 is 2.23 bits per heavy atom. The highest BCUT2D eigenvalue weighted by molar-refractivity contribution is 6.32. The molecule has 0 bridgehead atoms. The Bertz CT molecular complexity index is 575. The lowest BCUT2D eigenvalue weighted by molar-refractivity contribution is -0.125. The van der Waals surface area contributed by atoms with E-state index in [9.17, 15) is 4.79 Å². The average molecular weight is 325 g/mol. The molecule has 1 amide bonds. The monoisotopic (exact) mass is 324 g/mol. The zero-order valence-electron chi connectivity index (χ0n) is 12.8. The van der Waals surface area contributed by atoms with Crippen molar-refractivity contribution in [3.8, 4) is 11.5 Å². The normalized spacial score (nSPS) is 18.0. The summed E-state index contributed by atoms with van der Waals surface area (Å²) in [6.07, 6.45) is 4.25. The number of nitrogens with two attached hydrogens (primary N) is 1. The van der Waals surface area contributed by atoms with Crippen LogP contribution in [-0.2, 0) is 4.79 Å². The molecule has 0 aliphatic carbocycles. The second-order valence-corrected chi connectivity index (χ2v) is 5.65. The third-order valence-corrected chi connectivity index (χ3v) is 4.09. The second kappa shape index (κ2) is 7.51. The molecule has 6 heteroatoms. The molecule has 0 aromatic heterocycles. The van der Waals surface area contributed by atoms with Crippen molar-refractivity contribution in [1.82, 2.24) is 4.90 Å². The van der Waals surface area contributed by atoms with Crippen molar-refractivity contribution in [3.05, 3.63) is 28.8 Å². The lowest BCUT2D eigenvalue weighted by atomic mass is 10.1. The van der Waals surface area contributed by atoms with Gasteiger partial charge < -0.3 is 20.1 Å². The van der Waals surface area contributed by atoms with E-state index in [2.05, 4.69) is 0 Å². The Morgan fingerprint density at radius 1 is 1.45 bits per heavy atom. The Kier molecular flexibility index (Phi) is 5.69. The van der Waals surface area contributed by atoms with Gasteiger partial charge in [-0.3, -0.25) is 4.79 Å². The first kappa shape index (κ1) is 16.6. The molecule has 0 spiro atoms. The van der Waals surface area contributed by atoms with Crippen molar-refractivity contribution in [3.63, 3.8) is 0 Å². The fraction of sp³-hybridized carbons (Fsp3) is 0.438. The molecule has 1 aromatic rings. The molecule has 0 saturated carbocycles. The lowest BCUT2D eigenvalue weighted by Crippen LogP contribution is -2.28. The molecule has 120 valence electrons. The van der Waals surface area contributed by atoms with Gasteiger partial charge in [-0.05, 0) is 42.7 Å². The molecule has 1 fully saturated rings. The van der Waals surface area contributed by atoms with Crippen LogP contribution in [0.3, 0.4) is 0 Å². The van der Waals surface area contributed by atoms with Gasteiger partial charge in [0.1, 0.15) is 0 Å². The van der Waals surface area contributed by atoms with Gasteiger partial charge in [0.25, 0.3) is 0 Å². The zero-order valence-corrected chi connectivity index (χ0v) is 13.6. The minimum Gasteiger partial charge on any atom is -0.493 e. The Labute approximate surface area is 135 Å². The van der Waals surface area contributed by atoms with Crippen LogP contribution < -0.4 is 15.2 Å². The first-order valence-corrected chi connectivity index (χ1v) is 7.55. The first-order chi connectivity index (χ1) is 10.6. The van der Waals surface area contributed by atoms with Crippen LogP contribution in [0.1, 0.15) is 12.0 Å². The highest BCUT2D eigenvalue weighted by Crippen LogP contribution is 2.36. The molecule has 1 unspecified atom stereocenters. The number of methoxy groups -OCH3 is 2. The van der Waals surface area contributed by atoms with Gasteiger partial charge in [-0.15, -0.1) is 0 Å². The van der Waals surface area contributed by atoms with E-state index in [1.807, 2.05) is 4.90 Å². The zero-order chi connectivity index (χ0) is 16.1. The van der Waals surface area contributed by atoms with Crippen molar-refractivity contribution in [2.24, 2.45) is 11.7 Å².